The zero-order valence-corrected chi connectivity index (χ0v) is 17.6. The maximum absolute atomic E-state index is 12.8. The monoisotopic (exact) mass is 446 g/mol. The van der Waals surface area contributed by atoms with Crippen LogP contribution in [0.1, 0.15) is 24.1 Å². The average molecular weight is 447 g/mol. The van der Waals surface area contributed by atoms with Crippen molar-refractivity contribution >= 4 is 44.9 Å². The first-order chi connectivity index (χ1) is 12.8. The van der Waals surface area contributed by atoms with Crippen LogP contribution in [0.5, 0.6) is 5.75 Å². The van der Waals surface area contributed by atoms with Gasteiger partial charge in [0.25, 0.3) is 0 Å². The minimum absolute atomic E-state index is 0.336. The van der Waals surface area contributed by atoms with Crippen LogP contribution in [0, 0.1) is 12.8 Å². The molecule has 140 valence electrons. The van der Waals surface area contributed by atoms with Gasteiger partial charge >= 0.3 is 5.97 Å². The van der Waals surface area contributed by atoms with Gasteiger partial charge in [-0.05, 0) is 62.0 Å². The number of fused-ring (bicyclic) bond motifs is 4. The Morgan fingerprint density at radius 1 is 1.33 bits per heavy atom. The lowest BCUT2D eigenvalue weighted by Gasteiger charge is -2.55. The summed E-state index contributed by atoms with van der Waals surface area (Å²) < 4.78 is 12.5. The topological polar surface area (TPSA) is 50.8 Å². The first-order valence-electron chi connectivity index (χ1n) is 8.59. The highest BCUT2D eigenvalue weighted by atomic mass is 79.9. The summed E-state index contributed by atoms with van der Waals surface area (Å²) >= 11 is 9.18. The predicted octanol–water partition coefficient (Wildman–Crippen LogP) is 4.09. The third-order valence-electron chi connectivity index (χ3n) is 5.17. The summed E-state index contributed by atoms with van der Waals surface area (Å²) in [7, 11) is 1.40. The highest BCUT2D eigenvalue weighted by molar-refractivity contribution is 9.10. The predicted molar refractivity (Wildman–Crippen MR) is 111 cm³/mol. The second-order valence-electron chi connectivity index (χ2n) is 6.94. The molecule has 2 heterocycles. The molecule has 27 heavy (non-hydrogen) atoms. The summed E-state index contributed by atoms with van der Waals surface area (Å²) in [6.45, 7) is 3.91. The number of aryl methyl sites for hydroxylation is 1. The molecule has 1 N–H and O–H groups in total. The van der Waals surface area contributed by atoms with Crippen LogP contribution >= 0.6 is 28.1 Å². The van der Waals surface area contributed by atoms with Crippen molar-refractivity contribution < 1.29 is 14.3 Å². The molecule has 4 rings (SSSR count). The van der Waals surface area contributed by atoms with Crippen LogP contribution in [0.15, 0.2) is 46.9 Å². The number of rotatable bonds is 2. The Morgan fingerprint density at radius 3 is 2.81 bits per heavy atom. The molecule has 3 atom stereocenters. The van der Waals surface area contributed by atoms with E-state index in [-0.39, 0.29) is 12.0 Å². The molecule has 0 amide bonds. The molecular weight excluding hydrogens is 428 g/mol. The maximum atomic E-state index is 12.8. The van der Waals surface area contributed by atoms with Crippen LogP contribution in [-0.4, -0.2) is 23.9 Å². The van der Waals surface area contributed by atoms with Crippen molar-refractivity contribution in [2.75, 3.05) is 12.0 Å². The van der Waals surface area contributed by atoms with Crippen molar-refractivity contribution in [3.05, 3.63) is 58.1 Å². The van der Waals surface area contributed by atoms with E-state index in [0.717, 1.165) is 27.0 Å². The third-order valence-corrected chi connectivity index (χ3v) is 5.97. The summed E-state index contributed by atoms with van der Waals surface area (Å²) in [5, 5.41) is 3.86. The Balaban J connectivity index is 1.92. The second kappa shape index (κ2) is 6.49. The lowest BCUT2D eigenvalue weighted by Crippen LogP contribution is -2.71. The Bertz CT molecular complexity index is 951. The highest BCUT2D eigenvalue weighted by Gasteiger charge is 2.59. The van der Waals surface area contributed by atoms with Crippen LogP contribution in [0.3, 0.4) is 0 Å². The first-order valence-corrected chi connectivity index (χ1v) is 9.79. The average Bonchev–Trinajstić information content (AvgIpc) is 2.61. The Hall–Kier alpha value is -2.12. The highest BCUT2D eigenvalue weighted by Crippen LogP contribution is 2.50. The number of hydrogen-bond acceptors (Lipinski definition) is 4. The van der Waals surface area contributed by atoms with Gasteiger partial charge in [0.15, 0.2) is 5.11 Å². The van der Waals surface area contributed by atoms with E-state index >= 15 is 0 Å². The number of benzene rings is 2. The molecule has 2 aliphatic rings. The van der Waals surface area contributed by atoms with Gasteiger partial charge in [0.2, 0.25) is 5.72 Å². The molecule has 0 spiro atoms. The summed E-state index contributed by atoms with van der Waals surface area (Å²) in [4.78, 5) is 14.7. The molecule has 1 fully saturated rings. The normalized spacial score (nSPS) is 25.9. The van der Waals surface area contributed by atoms with Crippen LogP contribution in [0.25, 0.3) is 0 Å². The van der Waals surface area contributed by atoms with E-state index in [1.807, 2.05) is 61.2 Å². The first kappa shape index (κ1) is 18.3. The van der Waals surface area contributed by atoms with E-state index in [1.165, 1.54) is 7.11 Å². The number of carbonyl (C=O) groups is 1. The molecule has 7 heteroatoms. The van der Waals surface area contributed by atoms with E-state index in [1.54, 1.807) is 0 Å². The number of hydrogen-bond donors (Lipinski definition) is 1. The molecule has 0 aliphatic carbocycles. The molecular formula is C20H19BrN2O3S. The molecule has 0 radical (unpaired) electrons. The molecule has 2 bridgehead atoms. The number of nitrogens with zero attached hydrogens (tertiary/aromatic N) is 1. The number of methoxy groups -OCH3 is 1. The SMILES string of the molecule is COC(=O)[C@@H]1[C@H]2NC(=S)N(c3cccc(C)c3)[C@@]1(C)Oc1ccc(Br)cc12. The molecule has 0 saturated carbocycles. The lowest BCUT2D eigenvalue weighted by atomic mass is 9.79. The summed E-state index contributed by atoms with van der Waals surface area (Å²) in [6, 6.07) is 13.4. The van der Waals surface area contributed by atoms with Crippen LogP contribution in [-0.2, 0) is 9.53 Å². The Kier molecular flexibility index (Phi) is 4.39. The van der Waals surface area contributed by atoms with Crippen molar-refractivity contribution in [2.24, 2.45) is 5.92 Å². The smallest absolute Gasteiger partial charge is 0.317 e. The van der Waals surface area contributed by atoms with Crippen LogP contribution < -0.4 is 15.0 Å². The van der Waals surface area contributed by atoms with Crippen molar-refractivity contribution in [1.82, 2.24) is 5.32 Å². The number of thiocarbonyl (C=S) groups is 1. The molecule has 0 aromatic heterocycles. The molecule has 1 saturated heterocycles. The quantitative estimate of drug-likeness (QED) is 0.553. The molecule has 2 aliphatic heterocycles. The molecule has 2 aromatic carbocycles. The standard InChI is InChI=1S/C20H19BrN2O3S/c1-11-5-4-6-13(9-11)23-19(27)22-17-14-10-12(21)7-8-15(14)26-20(23,2)16(17)18(24)25-3/h4-10,16-17H,1-3H3,(H,22,27)/t16-,17-,20-/m0/s1. The van der Waals surface area contributed by atoms with Gasteiger partial charge in [-0.25, -0.2) is 0 Å². The number of nitrogens with one attached hydrogen (secondary N) is 1. The largest absolute Gasteiger partial charge is 0.469 e. The lowest BCUT2D eigenvalue weighted by molar-refractivity contribution is -0.157. The number of ether oxygens (including phenoxy) is 2. The van der Waals surface area contributed by atoms with Crippen molar-refractivity contribution in [3.8, 4) is 5.75 Å². The number of anilines is 1. The van der Waals surface area contributed by atoms with E-state index in [9.17, 15) is 4.79 Å². The van der Waals surface area contributed by atoms with Gasteiger partial charge in [-0.2, -0.15) is 0 Å². The number of halogens is 1. The van der Waals surface area contributed by atoms with Gasteiger partial charge in [-0.15, -0.1) is 0 Å². The fourth-order valence-electron chi connectivity index (χ4n) is 4.00. The van der Waals surface area contributed by atoms with Crippen molar-refractivity contribution in [2.45, 2.75) is 25.6 Å². The van der Waals surface area contributed by atoms with Gasteiger partial charge in [0, 0.05) is 15.7 Å². The Labute approximate surface area is 171 Å². The van der Waals surface area contributed by atoms with Gasteiger partial charge < -0.3 is 14.8 Å². The fraction of sp³-hybridized carbons (Fsp3) is 0.300. The molecule has 0 unspecified atom stereocenters. The van der Waals surface area contributed by atoms with E-state index < -0.39 is 11.6 Å². The second-order valence-corrected chi connectivity index (χ2v) is 8.24. The van der Waals surface area contributed by atoms with E-state index in [2.05, 4.69) is 21.2 Å². The van der Waals surface area contributed by atoms with Gasteiger partial charge in [-0.1, -0.05) is 28.1 Å². The zero-order valence-electron chi connectivity index (χ0n) is 15.2. The third kappa shape index (κ3) is 2.80. The van der Waals surface area contributed by atoms with Crippen LogP contribution in [0.2, 0.25) is 0 Å². The summed E-state index contributed by atoms with van der Waals surface area (Å²) in [6.07, 6.45) is 0. The molecule has 5 nitrogen and oxygen atoms in total. The minimum Gasteiger partial charge on any atom is -0.469 e. The zero-order chi connectivity index (χ0) is 19.3. The molecule has 2 aromatic rings. The van der Waals surface area contributed by atoms with Gasteiger partial charge in [0.05, 0.1) is 13.2 Å². The maximum Gasteiger partial charge on any atom is 0.317 e. The minimum atomic E-state index is -1.02. The van der Waals surface area contributed by atoms with Gasteiger partial charge in [0.1, 0.15) is 11.7 Å². The number of carbonyl (C=O) groups excluding carboxylic acids is 1. The van der Waals surface area contributed by atoms with Crippen LogP contribution in [0.4, 0.5) is 5.69 Å². The van der Waals surface area contributed by atoms with E-state index in [4.69, 9.17) is 21.7 Å². The summed E-state index contributed by atoms with van der Waals surface area (Å²) in [5.41, 5.74) is 1.82. The summed E-state index contributed by atoms with van der Waals surface area (Å²) in [5.74, 6) is -0.226. The fourth-order valence-corrected chi connectivity index (χ4v) is 4.79. The van der Waals surface area contributed by atoms with Crippen molar-refractivity contribution in [3.63, 3.8) is 0 Å². The van der Waals surface area contributed by atoms with E-state index in [0.29, 0.717) is 5.11 Å². The number of esters is 1. The van der Waals surface area contributed by atoms with Crippen molar-refractivity contribution in [1.29, 1.82) is 0 Å². The van der Waals surface area contributed by atoms with Gasteiger partial charge in [-0.3, -0.25) is 9.69 Å². The Morgan fingerprint density at radius 2 is 2.11 bits per heavy atom.